The first-order valence-corrected chi connectivity index (χ1v) is 5.40. The second-order valence-electron chi connectivity index (χ2n) is 4.06. The van der Waals surface area contributed by atoms with Crippen LogP contribution in [0.4, 0.5) is 5.82 Å². The van der Waals surface area contributed by atoms with Gasteiger partial charge >= 0.3 is 0 Å². The highest BCUT2D eigenvalue weighted by atomic mass is 16.5. The van der Waals surface area contributed by atoms with E-state index in [1.165, 1.54) is 11.9 Å². The normalized spacial score (nSPS) is 10.3. The van der Waals surface area contributed by atoms with Gasteiger partial charge in [-0.25, -0.2) is 9.97 Å². The van der Waals surface area contributed by atoms with Gasteiger partial charge in [0.05, 0.1) is 5.56 Å². The number of hydrogen-bond acceptors (Lipinski definition) is 4. The van der Waals surface area contributed by atoms with Crippen molar-refractivity contribution in [3.05, 3.63) is 41.2 Å². The molecule has 0 amide bonds. The van der Waals surface area contributed by atoms with Crippen LogP contribution in [0.1, 0.15) is 16.7 Å². The lowest BCUT2D eigenvalue weighted by atomic mass is 10.1. The van der Waals surface area contributed by atoms with E-state index < -0.39 is 0 Å². The van der Waals surface area contributed by atoms with E-state index >= 15 is 0 Å². The van der Waals surface area contributed by atoms with Gasteiger partial charge in [-0.3, -0.25) is 0 Å². The van der Waals surface area contributed by atoms with E-state index in [2.05, 4.69) is 16.0 Å². The third-order valence-electron chi connectivity index (χ3n) is 2.61. The molecule has 0 saturated carbocycles. The molecular formula is C13H15N3O. The Kier molecular flexibility index (Phi) is 2.95. The molecule has 0 spiro atoms. The van der Waals surface area contributed by atoms with Crippen LogP contribution in [0.3, 0.4) is 0 Å². The third kappa shape index (κ3) is 2.36. The van der Waals surface area contributed by atoms with E-state index in [0.717, 1.165) is 16.9 Å². The topological polar surface area (TPSA) is 61.0 Å². The van der Waals surface area contributed by atoms with Crippen molar-refractivity contribution in [1.29, 1.82) is 0 Å². The average Bonchev–Trinajstić information content (AvgIpc) is 2.28. The van der Waals surface area contributed by atoms with Gasteiger partial charge in [0.25, 0.3) is 0 Å². The molecule has 0 aliphatic carbocycles. The number of aromatic nitrogens is 2. The summed E-state index contributed by atoms with van der Waals surface area (Å²) in [5.41, 5.74) is 8.74. The number of aryl methyl sites for hydroxylation is 2. The quantitative estimate of drug-likeness (QED) is 0.860. The molecule has 1 aromatic heterocycles. The molecule has 1 aromatic carbocycles. The first-order valence-electron chi connectivity index (χ1n) is 5.40. The second-order valence-corrected chi connectivity index (χ2v) is 4.06. The number of ether oxygens (including phenoxy) is 1. The minimum atomic E-state index is 0.444. The molecule has 17 heavy (non-hydrogen) atoms. The molecule has 88 valence electrons. The van der Waals surface area contributed by atoms with Crippen molar-refractivity contribution < 1.29 is 4.74 Å². The SMILES string of the molecule is Cc1ccc(Oc2ncnc(N)c2C)c(C)c1. The first kappa shape index (κ1) is 11.4. The number of benzene rings is 1. The standard InChI is InChI=1S/C13H15N3O/c1-8-4-5-11(9(2)6-8)17-13-10(3)12(14)15-7-16-13/h4-7H,1-3H3,(H2,14,15,16). The summed E-state index contributed by atoms with van der Waals surface area (Å²) < 4.78 is 5.74. The Hall–Kier alpha value is -2.10. The minimum Gasteiger partial charge on any atom is -0.438 e. The monoisotopic (exact) mass is 229 g/mol. The Morgan fingerprint density at radius 3 is 2.59 bits per heavy atom. The summed E-state index contributed by atoms with van der Waals surface area (Å²) >= 11 is 0. The van der Waals surface area contributed by atoms with Crippen molar-refractivity contribution in [2.24, 2.45) is 0 Å². The summed E-state index contributed by atoms with van der Waals surface area (Å²) in [6.07, 6.45) is 1.40. The molecule has 2 N–H and O–H groups in total. The molecular weight excluding hydrogens is 214 g/mol. The number of hydrogen-bond donors (Lipinski definition) is 1. The van der Waals surface area contributed by atoms with Crippen molar-refractivity contribution in [1.82, 2.24) is 9.97 Å². The Bertz CT molecular complexity index is 552. The summed E-state index contributed by atoms with van der Waals surface area (Å²) in [5, 5.41) is 0. The van der Waals surface area contributed by atoms with Crippen LogP contribution in [0.5, 0.6) is 11.6 Å². The number of anilines is 1. The summed E-state index contributed by atoms with van der Waals surface area (Å²) in [4.78, 5) is 7.99. The van der Waals surface area contributed by atoms with Crippen LogP contribution in [-0.2, 0) is 0 Å². The van der Waals surface area contributed by atoms with Crippen LogP contribution in [-0.4, -0.2) is 9.97 Å². The number of rotatable bonds is 2. The molecule has 2 rings (SSSR count). The molecule has 0 aliphatic heterocycles. The van der Waals surface area contributed by atoms with Gasteiger partial charge in [0.1, 0.15) is 17.9 Å². The van der Waals surface area contributed by atoms with Gasteiger partial charge in [-0.1, -0.05) is 17.7 Å². The van der Waals surface area contributed by atoms with Gasteiger partial charge in [0.15, 0.2) is 0 Å². The molecule has 0 saturated heterocycles. The van der Waals surface area contributed by atoms with Crippen LogP contribution in [0, 0.1) is 20.8 Å². The molecule has 0 unspecified atom stereocenters. The summed E-state index contributed by atoms with van der Waals surface area (Å²) in [6, 6.07) is 6.00. The number of nitrogen functional groups attached to an aromatic ring is 1. The molecule has 0 atom stereocenters. The lowest BCUT2D eigenvalue weighted by molar-refractivity contribution is 0.454. The van der Waals surface area contributed by atoms with E-state index in [1.54, 1.807) is 0 Å². The summed E-state index contributed by atoms with van der Waals surface area (Å²) in [6.45, 7) is 5.89. The Balaban J connectivity index is 2.35. The Morgan fingerprint density at radius 2 is 1.88 bits per heavy atom. The van der Waals surface area contributed by atoms with Crippen molar-refractivity contribution in [3.63, 3.8) is 0 Å². The van der Waals surface area contributed by atoms with E-state index in [1.807, 2.05) is 32.9 Å². The predicted octanol–water partition coefficient (Wildman–Crippen LogP) is 2.78. The van der Waals surface area contributed by atoms with E-state index in [-0.39, 0.29) is 0 Å². The van der Waals surface area contributed by atoms with Crippen LogP contribution < -0.4 is 10.5 Å². The Labute approximate surface area is 100 Å². The lowest BCUT2D eigenvalue weighted by Gasteiger charge is -2.10. The first-order chi connectivity index (χ1) is 8.08. The predicted molar refractivity (Wildman–Crippen MR) is 67.2 cm³/mol. The van der Waals surface area contributed by atoms with Crippen molar-refractivity contribution >= 4 is 5.82 Å². The van der Waals surface area contributed by atoms with Crippen LogP contribution in [0.25, 0.3) is 0 Å². The number of nitrogens with zero attached hydrogens (tertiary/aromatic N) is 2. The van der Waals surface area contributed by atoms with Crippen molar-refractivity contribution in [2.75, 3.05) is 5.73 Å². The fourth-order valence-electron chi connectivity index (χ4n) is 1.57. The smallest absolute Gasteiger partial charge is 0.227 e. The molecule has 1 heterocycles. The molecule has 0 aliphatic rings. The zero-order valence-electron chi connectivity index (χ0n) is 10.2. The van der Waals surface area contributed by atoms with Crippen molar-refractivity contribution in [2.45, 2.75) is 20.8 Å². The van der Waals surface area contributed by atoms with E-state index in [0.29, 0.717) is 11.7 Å². The fraction of sp³-hybridized carbons (Fsp3) is 0.231. The lowest BCUT2D eigenvalue weighted by Crippen LogP contribution is -1.99. The van der Waals surface area contributed by atoms with Crippen LogP contribution in [0.2, 0.25) is 0 Å². The van der Waals surface area contributed by atoms with E-state index in [4.69, 9.17) is 10.5 Å². The molecule has 0 radical (unpaired) electrons. The number of nitrogens with two attached hydrogens (primary N) is 1. The van der Waals surface area contributed by atoms with Crippen LogP contribution in [0.15, 0.2) is 24.5 Å². The average molecular weight is 229 g/mol. The molecule has 0 bridgehead atoms. The molecule has 2 aromatic rings. The summed E-state index contributed by atoms with van der Waals surface area (Å²) in [7, 11) is 0. The van der Waals surface area contributed by atoms with Gasteiger partial charge in [0, 0.05) is 0 Å². The van der Waals surface area contributed by atoms with Gasteiger partial charge in [0.2, 0.25) is 5.88 Å². The maximum atomic E-state index is 5.74. The maximum absolute atomic E-state index is 5.74. The van der Waals surface area contributed by atoms with Crippen molar-refractivity contribution in [3.8, 4) is 11.6 Å². The molecule has 4 nitrogen and oxygen atoms in total. The Morgan fingerprint density at radius 1 is 1.12 bits per heavy atom. The van der Waals surface area contributed by atoms with Gasteiger partial charge in [-0.05, 0) is 32.4 Å². The highest BCUT2D eigenvalue weighted by molar-refractivity contribution is 5.46. The van der Waals surface area contributed by atoms with Gasteiger partial charge < -0.3 is 10.5 Å². The maximum Gasteiger partial charge on any atom is 0.227 e. The minimum absolute atomic E-state index is 0.444. The van der Waals surface area contributed by atoms with Crippen LogP contribution >= 0.6 is 0 Å². The third-order valence-corrected chi connectivity index (χ3v) is 2.61. The summed E-state index contributed by atoms with van der Waals surface area (Å²) in [5.74, 6) is 1.74. The zero-order chi connectivity index (χ0) is 12.4. The highest BCUT2D eigenvalue weighted by Crippen LogP contribution is 2.27. The van der Waals surface area contributed by atoms with Gasteiger partial charge in [-0.15, -0.1) is 0 Å². The second kappa shape index (κ2) is 4.41. The molecule has 4 heteroatoms. The largest absolute Gasteiger partial charge is 0.438 e. The highest BCUT2D eigenvalue weighted by Gasteiger charge is 2.08. The van der Waals surface area contributed by atoms with Gasteiger partial charge in [-0.2, -0.15) is 0 Å². The molecule has 0 fully saturated rings. The zero-order valence-corrected chi connectivity index (χ0v) is 10.2. The fourth-order valence-corrected chi connectivity index (χ4v) is 1.57. The van der Waals surface area contributed by atoms with E-state index in [9.17, 15) is 0 Å².